The molecule has 2 rings (SSSR count). The second-order valence-corrected chi connectivity index (χ2v) is 6.02. The lowest BCUT2D eigenvalue weighted by molar-refractivity contribution is 0.474. The van der Waals surface area contributed by atoms with Gasteiger partial charge >= 0.3 is 0 Å². The second kappa shape index (κ2) is 7.62. The van der Waals surface area contributed by atoms with Crippen molar-refractivity contribution >= 4 is 33.2 Å². The Hall–Kier alpha value is -1.32. The number of unbranched alkanes of at least 4 members (excludes halogenated alkanes) is 1. The van der Waals surface area contributed by atoms with Crippen molar-refractivity contribution in [2.45, 2.75) is 19.8 Å². The first-order valence-corrected chi connectivity index (χ1v) is 8.08. The number of benzene rings is 2. The van der Waals surface area contributed by atoms with E-state index in [9.17, 15) is 5.11 Å². The van der Waals surface area contributed by atoms with Crippen molar-refractivity contribution in [2.75, 3.05) is 6.54 Å². The molecule has 0 saturated heterocycles. The second-order valence-electron chi connectivity index (χ2n) is 4.73. The Balaban J connectivity index is 2.54. The lowest BCUT2D eigenvalue weighted by Gasteiger charge is -2.11. The summed E-state index contributed by atoms with van der Waals surface area (Å²) >= 11 is 9.62. The van der Waals surface area contributed by atoms with Gasteiger partial charge in [-0.05, 0) is 30.7 Å². The zero-order valence-corrected chi connectivity index (χ0v) is 14.2. The minimum atomic E-state index is 0.186. The Morgan fingerprint density at radius 2 is 1.95 bits per heavy atom. The Kier molecular flexibility index (Phi) is 5.83. The van der Waals surface area contributed by atoms with Gasteiger partial charge in [0.1, 0.15) is 5.75 Å². The number of hydrogen-bond donors (Lipinski definition) is 1. The first-order chi connectivity index (χ1) is 10.1. The summed E-state index contributed by atoms with van der Waals surface area (Å²) in [6.07, 6.45) is 2.09. The number of rotatable bonds is 5. The molecule has 2 aromatic rings. The maximum absolute atomic E-state index is 10.2. The van der Waals surface area contributed by atoms with E-state index >= 15 is 0 Å². The van der Waals surface area contributed by atoms with Gasteiger partial charge in [-0.1, -0.05) is 59.1 Å². The van der Waals surface area contributed by atoms with Gasteiger partial charge in [0.05, 0.1) is 5.71 Å². The van der Waals surface area contributed by atoms with Gasteiger partial charge in [-0.3, -0.25) is 4.99 Å². The van der Waals surface area contributed by atoms with Crippen molar-refractivity contribution in [3.05, 3.63) is 63.1 Å². The average Bonchev–Trinajstić information content (AvgIpc) is 2.48. The monoisotopic (exact) mass is 365 g/mol. The minimum Gasteiger partial charge on any atom is -0.507 e. The molecule has 0 saturated carbocycles. The van der Waals surface area contributed by atoms with Crippen molar-refractivity contribution in [3.8, 4) is 5.75 Å². The Labute approximate surface area is 138 Å². The summed E-state index contributed by atoms with van der Waals surface area (Å²) in [5, 5.41) is 10.7. The summed E-state index contributed by atoms with van der Waals surface area (Å²) in [5.41, 5.74) is 2.37. The Morgan fingerprint density at radius 3 is 2.67 bits per heavy atom. The van der Waals surface area contributed by atoms with Gasteiger partial charge in [-0.25, -0.2) is 0 Å². The van der Waals surface area contributed by atoms with Gasteiger partial charge in [0, 0.05) is 27.2 Å². The molecular weight excluding hydrogens is 350 g/mol. The topological polar surface area (TPSA) is 32.6 Å². The van der Waals surface area contributed by atoms with Gasteiger partial charge in [0.2, 0.25) is 0 Å². The predicted molar refractivity (Wildman–Crippen MR) is 92.7 cm³/mol. The van der Waals surface area contributed by atoms with Crippen molar-refractivity contribution in [1.82, 2.24) is 0 Å². The lowest BCUT2D eigenvalue weighted by Crippen LogP contribution is -2.06. The molecule has 21 heavy (non-hydrogen) atoms. The van der Waals surface area contributed by atoms with E-state index in [4.69, 9.17) is 11.6 Å². The molecule has 110 valence electrons. The summed E-state index contributed by atoms with van der Waals surface area (Å²) in [4.78, 5) is 4.68. The molecule has 0 unspecified atom stereocenters. The van der Waals surface area contributed by atoms with Crippen LogP contribution in [-0.2, 0) is 0 Å². The van der Waals surface area contributed by atoms with Crippen LogP contribution >= 0.6 is 27.5 Å². The third-order valence-corrected chi connectivity index (χ3v) is 4.05. The predicted octanol–water partition coefficient (Wildman–Crippen LogP) is 5.45. The van der Waals surface area contributed by atoms with Crippen LogP contribution in [0.4, 0.5) is 0 Å². The fraction of sp³-hybridized carbons (Fsp3) is 0.235. The molecule has 0 amide bonds. The Morgan fingerprint density at radius 1 is 1.19 bits per heavy atom. The molecule has 2 aromatic carbocycles. The van der Waals surface area contributed by atoms with Crippen LogP contribution in [0.2, 0.25) is 5.02 Å². The fourth-order valence-corrected chi connectivity index (χ4v) is 2.66. The molecule has 0 fully saturated rings. The third kappa shape index (κ3) is 4.08. The molecule has 0 spiro atoms. The van der Waals surface area contributed by atoms with E-state index < -0.39 is 0 Å². The standard InChI is InChI=1S/C17H17BrClNO/c1-2-3-10-20-17(13-6-4-5-7-15(13)18)14-11-12(19)8-9-16(14)21/h4-9,11,21H,2-3,10H2,1H3. The van der Waals surface area contributed by atoms with Crippen LogP contribution in [0.15, 0.2) is 51.9 Å². The smallest absolute Gasteiger partial charge is 0.125 e. The number of hydrogen-bond acceptors (Lipinski definition) is 2. The molecular formula is C17H17BrClNO. The quantitative estimate of drug-likeness (QED) is 0.554. The lowest BCUT2D eigenvalue weighted by atomic mass is 10.0. The third-order valence-electron chi connectivity index (χ3n) is 3.12. The zero-order valence-electron chi connectivity index (χ0n) is 11.8. The molecule has 1 N–H and O–H groups in total. The SMILES string of the molecule is CCCCN=C(c1cc(Cl)ccc1O)c1ccccc1Br. The van der Waals surface area contributed by atoms with Gasteiger partial charge in [0.25, 0.3) is 0 Å². The molecule has 0 radical (unpaired) electrons. The summed E-state index contributed by atoms with van der Waals surface area (Å²) in [7, 11) is 0. The number of aliphatic imine (C=N–C) groups is 1. The summed E-state index contributed by atoms with van der Waals surface area (Å²) in [6, 6.07) is 12.9. The highest BCUT2D eigenvalue weighted by Crippen LogP contribution is 2.28. The highest BCUT2D eigenvalue weighted by molar-refractivity contribution is 9.10. The number of phenolic OH excluding ortho intramolecular Hbond substituents is 1. The van der Waals surface area contributed by atoms with E-state index in [0.717, 1.165) is 35.1 Å². The molecule has 0 aromatic heterocycles. The number of aromatic hydroxyl groups is 1. The highest BCUT2D eigenvalue weighted by atomic mass is 79.9. The van der Waals surface area contributed by atoms with Crippen LogP contribution < -0.4 is 0 Å². The van der Waals surface area contributed by atoms with Crippen LogP contribution in [0.3, 0.4) is 0 Å². The van der Waals surface area contributed by atoms with E-state index in [-0.39, 0.29) is 5.75 Å². The Bertz CT molecular complexity index is 655. The zero-order chi connectivity index (χ0) is 15.2. The van der Waals surface area contributed by atoms with Crippen LogP contribution in [-0.4, -0.2) is 17.4 Å². The van der Waals surface area contributed by atoms with Crippen molar-refractivity contribution in [2.24, 2.45) is 4.99 Å². The van der Waals surface area contributed by atoms with Crippen LogP contribution in [0, 0.1) is 0 Å². The minimum absolute atomic E-state index is 0.186. The number of nitrogens with zero attached hydrogens (tertiary/aromatic N) is 1. The summed E-state index contributed by atoms with van der Waals surface area (Å²) in [6.45, 7) is 2.85. The largest absolute Gasteiger partial charge is 0.507 e. The number of phenols is 1. The van der Waals surface area contributed by atoms with E-state index in [1.165, 1.54) is 0 Å². The van der Waals surface area contributed by atoms with Gasteiger partial charge < -0.3 is 5.11 Å². The average molecular weight is 367 g/mol. The molecule has 0 aliphatic heterocycles. The molecule has 0 atom stereocenters. The normalized spacial score (nSPS) is 11.7. The van der Waals surface area contributed by atoms with E-state index in [1.807, 2.05) is 24.3 Å². The van der Waals surface area contributed by atoms with Crippen LogP contribution in [0.1, 0.15) is 30.9 Å². The van der Waals surface area contributed by atoms with Crippen LogP contribution in [0.5, 0.6) is 5.75 Å². The molecule has 0 bridgehead atoms. The summed E-state index contributed by atoms with van der Waals surface area (Å²) < 4.78 is 0.944. The highest BCUT2D eigenvalue weighted by Gasteiger charge is 2.14. The molecule has 4 heteroatoms. The maximum Gasteiger partial charge on any atom is 0.125 e. The van der Waals surface area contributed by atoms with E-state index in [1.54, 1.807) is 18.2 Å². The van der Waals surface area contributed by atoms with E-state index in [2.05, 4.69) is 27.8 Å². The first kappa shape index (κ1) is 16.1. The summed E-state index contributed by atoms with van der Waals surface area (Å²) in [5.74, 6) is 0.186. The van der Waals surface area contributed by atoms with Crippen molar-refractivity contribution in [1.29, 1.82) is 0 Å². The maximum atomic E-state index is 10.2. The molecule has 0 aliphatic rings. The van der Waals surface area contributed by atoms with E-state index in [0.29, 0.717) is 10.6 Å². The van der Waals surface area contributed by atoms with Gasteiger partial charge in [-0.2, -0.15) is 0 Å². The van der Waals surface area contributed by atoms with Crippen molar-refractivity contribution in [3.63, 3.8) is 0 Å². The van der Waals surface area contributed by atoms with Crippen LogP contribution in [0.25, 0.3) is 0 Å². The van der Waals surface area contributed by atoms with Gasteiger partial charge in [0.15, 0.2) is 0 Å². The molecule has 0 heterocycles. The fourth-order valence-electron chi connectivity index (χ4n) is 2.02. The molecule has 0 aliphatic carbocycles. The van der Waals surface area contributed by atoms with Gasteiger partial charge in [-0.15, -0.1) is 0 Å². The number of halogens is 2. The first-order valence-electron chi connectivity index (χ1n) is 6.91. The molecule has 2 nitrogen and oxygen atoms in total. The van der Waals surface area contributed by atoms with Crippen molar-refractivity contribution < 1.29 is 5.11 Å².